The predicted molar refractivity (Wildman–Crippen MR) is 72.5 cm³/mol. The zero-order chi connectivity index (χ0) is 13.0. The summed E-state index contributed by atoms with van der Waals surface area (Å²) in [5.74, 6) is 0.535. The topological polar surface area (TPSA) is 26.3 Å². The van der Waals surface area contributed by atoms with Crippen LogP contribution in [0.1, 0.15) is 38.7 Å². The van der Waals surface area contributed by atoms with Gasteiger partial charge in [-0.25, -0.2) is 0 Å². The maximum Gasteiger partial charge on any atom is 0.140 e. The molecule has 1 saturated heterocycles. The Morgan fingerprint density at radius 1 is 1.39 bits per heavy atom. The van der Waals surface area contributed by atoms with Gasteiger partial charge in [-0.2, -0.15) is 0 Å². The fourth-order valence-corrected chi connectivity index (χ4v) is 2.59. The van der Waals surface area contributed by atoms with Gasteiger partial charge in [-0.1, -0.05) is 37.3 Å². The Morgan fingerprint density at radius 2 is 2.11 bits per heavy atom. The zero-order valence-electron chi connectivity index (χ0n) is 11.3. The lowest BCUT2D eigenvalue weighted by molar-refractivity contribution is -0.134. The van der Waals surface area contributed by atoms with Crippen molar-refractivity contribution in [3.63, 3.8) is 0 Å². The summed E-state index contributed by atoms with van der Waals surface area (Å²) in [4.78, 5) is 12.3. The van der Waals surface area contributed by atoms with Crippen LogP contribution in [-0.2, 0) is 16.0 Å². The molecule has 1 aliphatic heterocycles. The lowest BCUT2D eigenvalue weighted by Crippen LogP contribution is -2.39. The normalized spacial score (nSPS) is 28.0. The number of carbonyl (C=O) groups excluding carboxylic acids is 1. The Morgan fingerprint density at radius 3 is 2.78 bits per heavy atom. The van der Waals surface area contributed by atoms with Crippen molar-refractivity contribution in [3.8, 4) is 0 Å². The highest BCUT2D eigenvalue weighted by Gasteiger charge is 2.34. The Labute approximate surface area is 109 Å². The summed E-state index contributed by atoms with van der Waals surface area (Å²) in [5, 5.41) is 0. The van der Waals surface area contributed by atoms with Gasteiger partial charge in [0.2, 0.25) is 0 Å². The molecule has 18 heavy (non-hydrogen) atoms. The zero-order valence-corrected chi connectivity index (χ0v) is 11.3. The van der Waals surface area contributed by atoms with Gasteiger partial charge in [-0.05, 0) is 31.7 Å². The van der Waals surface area contributed by atoms with Crippen molar-refractivity contribution in [1.29, 1.82) is 0 Å². The summed E-state index contributed by atoms with van der Waals surface area (Å²) in [6.07, 6.45) is 3.28. The van der Waals surface area contributed by atoms with Crippen LogP contribution >= 0.6 is 0 Å². The van der Waals surface area contributed by atoms with Crippen molar-refractivity contribution in [2.45, 2.75) is 45.1 Å². The number of rotatable bonds is 4. The monoisotopic (exact) mass is 246 g/mol. The van der Waals surface area contributed by atoms with Crippen LogP contribution in [0.2, 0.25) is 0 Å². The largest absolute Gasteiger partial charge is 0.375 e. The Hall–Kier alpha value is -1.15. The smallest absolute Gasteiger partial charge is 0.140 e. The van der Waals surface area contributed by atoms with Crippen LogP contribution < -0.4 is 0 Å². The quantitative estimate of drug-likeness (QED) is 0.814. The fraction of sp³-hybridized carbons (Fsp3) is 0.562. The molecule has 1 aromatic carbocycles. The molecule has 0 aliphatic carbocycles. The molecule has 0 radical (unpaired) electrons. The van der Waals surface area contributed by atoms with Crippen molar-refractivity contribution in [2.24, 2.45) is 5.92 Å². The molecule has 2 unspecified atom stereocenters. The van der Waals surface area contributed by atoms with Gasteiger partial charge in [-0.15, -0.1) is 0 Å². The van der Waals surface area contributed by atoms with E-state index in [4.69, 9.17) is 4.74 Å². The second kappa shape index (κ2) is 5.66. The number of hydrogen-bond donors (Lipinski definition) is 0. The lowest BCUT2D eigenvalue weighted by Gasteiger charge is -2.37. The van der Waals surface area contributed by atoms with Crippen molar-refractivity contribution in [2.75, 3.05) is 6.61 Å². The van der Waals surface area contributed by atoms with Crippen LogP contribution in [0.4, 0.5) is 0 Å². The van der Waals surface area contributed by atoms with E-state index in [-0.39, 0.29) is 11.5 Å². The molecule has 1 fully saturated rings. The van der Waals surface area contributed by atoms with Gasteiger partial charge in [0.1, 0.15) is 5.78 Å². The van der Waals surface area contributed by atoms with E-state index >= 15 is 0 Å². The number of benzene rings is 1. The Kier molecular flexibility index (Phi) is 4.18. The number of carbonyl (C=O) groups is 1. The first-order valence-electron chi connectivity index (χ1n) is 6.83. The predicted octanol–water partition coefficient (Wildman–Crippen LogP) is 3.39. The molecule has 0 aromatic heterocycles. The van der Waals surface area contributed by atoms with E-state index in [1.54, 1.807) is 0 Å². The molecule has 2 nitrogen and oxygen atoms in total. The summed E-state index contributed by atoms with van der Waals surface area (Å²) in [5.41, 5.74) is 1.02. The maximum absolute atomic E-state index is 12.3. The molecule has 0 saturated carbocycles. The van der Waals surface area contributed by atoms with Gasteiger partial charge < -0.3 is 4.74 Å². The SMILES string of the molecule is CCC1(C)CC(C(=O)Cc2ccccc2)CCO1. The highest BCUT2D eigenvalue weighted by atomic mass is 16.5. The first kappa shape index (κ1) is 13.3. The van der Waals surface area contributed by atoms with E-state index < -0.39 is 0 Å². The van der Waals surface area contributed by atoms with Crippen LogP contribution in [0.15, 0.2) is 30.3 Å². The van der Waals surface area contributed by atoms with Crippen LogP contribution in [0.5, 0.6) is 0 Å². The van der Waals surface area contributed by atoms with Crippen molar-refractivity contribution in [3.05, 3.63) is 35.9 Å². The van der Waals surface area contributed by atoms with Gasteiger partial charge in [0.05, 0.1) is 5.60 Å². The second-order valence-electron chi connectivity index (χ2n) is 5.47. The fourth-order valence-electron chi connectivity index (χ4n) is 2.59. The van der Waals surface area contributed by atoms with Gasteiger partial charge in [-0.3, -0.25) is 4.79 Å². The molecular formula is C16H22O2. The second-order valence-corrected chi connectivity index (χ2v) is 5.47. The standard InChI is InChI=1S/C16H22O2/c1-3-16(2)12-14(9-10-18-16)15(17)11-13-7-5-4-6-8-13/h4-8,14H,3,9-12H2,1-2H3. The molecule has 2 rings (SSSR count). The van der Waals surface area contributed by atoms with Gasteiger partial charge in [0, 0.05) is 18.9 Å². The molecule has 0 spiro atoms. The van der Waals surface area contributed by atoms with E-state index in [0.29, 0.717) is 12.2 Å². The van der Waals surface area contributed by atoms with Gasteiger partial charge >= 0.3 is 0 Å². The molecule has 2 atom stereocenters. The minimum absolute atomic E-state index is 0.102. The molecule has 1 aromatic rings. The molecule has 0 amide bonds. The first-order valence-corrected chi connectivity index (χ1v) is 6.83. The molecule has 2 heteroatoms. The van der Waals surface area contributed by atoms with Crippen molar-refractivity contribution >= 4 is 5.78 Å². The molecule has 98 valence electrons. The average molecular weight is 246 g/mol. The molecule has 0 bridgehead atoms. The summed E-state index contributed by atoms with van der Waals surface area (Å²) in [6.45, 7) is 4.97. The van der Waals surface area contributed by atoms with Gasteiger partial charge in [0.15, 0.2) is 0 Å². The third-order valence-corrected chi connectivity index (χ3v) is 4.02. The minimum atomic E-state index is -0.102. The number of hydrogen-bond acceptors (Lipinski definition) is 2. The third kappa shape index (κ3) is 3.20. The number of ketones is 1. The average Bonchev–Trinajstić information content (AvgIpc) is 2.40. The van der Waals surface area contributed by atoms with Gasteiger partial charge in [0.25, 0.3) is 0 Å². The third-order valence-electron chi connectivity index (χ3n) is 4.02. The highest BCUT2D eigenvalue weighted by molar-refractivity contribution is 5.83. The number of ether oxygens (including phenoxy) is 1. The molecular weight excluding hydrogens is 224 g/mol. The van der Waals surface area contributed by atoms with E-state index in [0.717, 1.165) is 31.4 Å². The van der Waals surface area contributed by atoms with E-state index in [9.17, 15) is 4.79 Å². The Bertz CT molecular complexity index is 399. The molecule has 0 N–H and O–H groups in total. The van der Waals surface area contributed by atoms with E-state index in [1.807, 2.05) is 30.3 Å². The van der Waals surface area contributed by atoms with Crippen LogP contribution in [0.25, 0.3) is 0 Å². The highest BCUT2D eigenvalue weighted by Crippen LogP contribution is 2.32. The summed E-state index contributed by atoms with van der Waals surface area (Å²) in [6, 6.07) is 10.0. The Balaban J connectivity index is 1.97. The summed E-state index contributed by atoms with van der Waals surface area (Å²) in [7, 11) is 0. The minimum Gasteiger partial charge on any atom is -0.375 e. The van der Waals surface area contributed by atoms with Crippen LogP contribution in [0.3, 0.4) is 0 Å². The van der Waals surface area contributed by atoms with Crippen molar-refractivity contribution < 1.29 is 9.53 Å². The molecule has 1 aliphatic rings. The summed E-state index contributed by atoms with van der Waals surface area (Å²) >= 11 is 0. The van der Waals surface area contributed by atoms with Crippen LogP contribution in [-0.4, -0.2) is 18.0 Å². The van der Waals surface area contributed by atoms with Crippen LogP contribution in [0, 0.1) is 5.92 Å². The van der Waals surface area contributed by atoms with Crippen molar-refractivity contribution in [1.82, 2.24) is 0 Å². The summed E-state index contributed by atoms with van der Waals surface area (Å²) < 4.78 is 5.79. The lowest BCUT2D eigenvalue weighted by atomic mass is 9.81. The number of Topliss-reactive ketones (excluding diaryl/α,β-unsaturated/α-hetero) is 1. The molecule has 1 heterocycles. The van der Waals surface area contributed by atoms with E-state index in [2.05, 4.69) is 13.8 Å². The first-order chi connectivity index (χ1) is 8.63. The maximum atomic E-state index is 12.3. The van der Waals surface area contributed by atoms with E-state index in [1.165, 1.54) is 0 Å².